The van der Waals surface area contributed by atoms with Crippen molar-refractivity contribution in [3.05, 3.63) is 76.5 Å². The second-order valence-corrected chi connectivity index (χ2v) is 7.60. The first-order valence-electron chi connectivity index (χ1n) is 10.5. The third-order valence-electron chi connectivity index (χ3n) is 5.33. The Balaban J connectivity index is 1.41. The zero-order chi connectivity index (χ0) is 23.4. The van der Waals surface area contributed by atoms with Crippen molar-refractivity contribution in [3.63, 3.8) is 0 Å². The van der Waals surface area contributed by atoms with Crippen LogP contribution < -0.4 is 20.3 Å². The molecule has 170 valence electrons. The van der Waals surface area contributed by atoms with Crippen LogP contribution in [-0.4, -0.2) is 46.0 Å². The maximum Gasteiger partial charge on any atom is 0.264 e. The van der Waals surface area contributed by atoms with E-state index in [9.17, 15) is 9.59 Å². The zero-order valence-electron chi connectivity index (χ0n) is 18.7. The van der Waals surface area contributed by atoms with Gasteiger partial charge in [-0.1, -0.05) is 23.8 Å². The van der Waals surface area contributed by atoms with Gasteiger partial charge in [-0.2, -0.15) is 5.10 Å². The standard InChI is InChI=1S/C24H25N5O4/c1-16-4-7-18(8-5-16)29-23-19(13-27-29)24(31)28(15-26-23)14-22(30)25-11-10-17-6-9-20(32-2)21(12-17)33-3/h4-9,12-13,15H,10-11,14H2,1-3H3,(H,25,30). The average Bonchev–Trinajstić information content (AvgIpc) is 3.26. The number of methoxy groups -OCH3 is 2. The number of nitrogens with one attached hydrogen (secondary N) is 1. The fraction of sp³-hybridized carbons (Fsp3) is 0.250. The summed E-state index contributed by atoms with van der Waals surface area (Å²) in [6, 6.07) is 13.4. The summed E-state index contributed by atoms with van der Waals surface area (Å²) >= 11 is 0. The molecule has 2 aromatic heterocycles. The highest BCUT2D eigenvalue weighted by molar-refractivity contribution is 5.77. The number of nitrogens with zero attached hydrogens (tertiary/aromatic N) is 4. The van der Waals surface area contributed by atoms with Crippen LogP contribution >= 0.6 is 0 Å². The molecule has 0 aliphatic carbocycles. The van der Waals surface area contributed by atoms with E-state index < -0.39 is 0 Å². The Morgan fingerprint density at radius 3 is 2.55 bits per heavy atom. The summed E-state index contributed by atoms with van der Waals surface area (Å²) < 4.78 is 13.4. The van der Waals surface area contributed by atoms with Gasteiger partial charge in [0.05, 0.1) is 26.1 Å². The number of carbonyl (C=O) groups excluding carboxylic acids is 1. The molecular formula is C24H25N5O4. The minimum atomic E-state index is -0.312. The Hall–Kier alpha value is -4.14. The molecule has 4 aromatic rings. The molecule has 0 radical (unpaired) electrons. The molecule has 0 atom stereocenters. The summed E-state index contributed by atoms with van der Waals surface area (Å²) in [5.41, 5.74) is 3.08. The maximum absolute atomic E-state index is 12.9. The Kier molecular flexibility index (Phi) is 6.39. The first-order valence-corrected chi connectivity index (χ1v) is 10.5. The molecule has 4 rings (SSSR count). The fourth-order valence-corrected chi connectivity index (χ4v) is 3.53. The highest BCUT2D eigenvalue weighted by Crippen LogP contribution is 2.27. The summed E-state index contributed by atoms with van der Waals surface area (Å²) in [5.74, 6) is 1.02. The van der Waals surface area contributed by atoms with Crippen molar-refractivity contribution < 1.29 is 14.3 Å². The summed E-state index contributed by atoms with van der Waals surface area (Å²) in [7, 11) is 3.16. The van der Waals surface area contributed by atoms with Gasteiger partial charge in [-0.3, -0.25) is 14.2 Å². The number of aryl methyl sites for hydroxylation is 1. The van der Waals surface area contributed by atoms with Gasteiger partial charge in [0, 0.05) is 6.54 Å². The highest BCUT2D eigenvalue weighted by atomic mass is 16.5. The number of fused-ring (bicyclic) bond motifs is 1. The van der Waals surface area contributed by atoms with Crippen LogP contribution in [0.15, 0.2) is 59.8 Å². The molecule has 9 nitrogen and oxygen atoms in total. The molecule has 1 amide bonds. The summed E-state index contributed by atoms with van der Waals surface area (Å²) in [5, 5.41) is 7.50. The number of aromatic nitrogens is 4. The smallest absolute Gasteiger partial charge is 0.264 e. The predicted molar refractivity (Wildman–Crippen MR) is 124 cm³/mol. The van der Waals surface area contributed by atoms with Crippen LogP contribution in [0.1, 0.15) is 11.1 Å². The number of amides is 1. The maximum atomic E-state index is 12.9. The second-order valence-electron chi connectivity index (χ2n) is 7.60. The normalized spacial score (nSPS) is 10.9. The summed E-state index contributed by atoms with van der Waals surface area (Å²) in [6.45, 7) is 2.30. The Bertz CT molecular complexity index is 1340. The Labute approximate surface area is 190 Å². The van der Waals surface area contributed by atoms with Crippen LogP contribution in [0.25, 0.3) is 16.7 Å². The number of benzene rings is 2. The van der Waals surface area contributed by atoms with E-state index >= 15 is 0 Å². The molecule has 0 unspecified atom stereocenters. The Morgan fingerprint density at radius 2 is 1.82 bits per heavy atom. The van der Waals surface area contributed by atoms with Gasteiger partial charge in [0.1, 0.15) is 18.3 Å². The molecule has 33 heavy (non-hydrogen) atoms. The molecule has 0 fully saturated rings. The van der Waals surface area contributed by atoms with Gasteiger partial charge in [0.2, 0.25) is 5.91 Å². The molecule has 9 heteroatoms. The van der Waals surface area contributed by atoms with Crippen molar-refractivity contribution in [2.24, 2.45) is 0 Å². The van der Waals surface area contributed by atoms with Crippen molar-refractivity contribution in [1.82, 2.24) is 24.6 Å². The van der Waals surface area contributed by atoms with Crippen molar-refractivity contribution in [3.8, 4) is 17.2 Å². The fourth-order valence-electron chi connectivity index (χ4n) is 3.53. The van der Waals surface area contributed by atoms with Gasteiger partial charge in [-0.15, -0.1) is 0 Å². The molecular weight excluding hydrogens is 422 g/mol. The van der Waals surface area contributed by atoms with Crippen LogP contribution in [0.5, 0.6) is 11.5 Å². The van der Waals surface area contributed by atoms with Crippen molar-refractivity contribution in [2.75, 3.05) is 20.8 Å². The van der Waals surface area contributed by atoms with E-state index in [1.807, 2.05) is 49.4 Å². The lowest BCUT2D eigenvalue weighted by Crippen LogP contribution is -2.33. The highest BCUT2D eigenvalue weighted by Gasteiger charge is 2.13. The Morgan fingerprint density at radius 1 is 1.06 bits per heavy atom. The third kappa shape index (κ3) is 4.72. The molecule has 2 heterocycles. The summed E-state index contributed by atoms with van der Waals surface area (Å²) in [4.78, 5) is 29.6. The first-order chi connectivity index (χ1) is 16.0. The minimum absolute atomic E-state index is 0.122. The van der Waals surface area contributed by atoms with E-state index in [0.29, 0.717) is 35.5 Å². The third-order valence-corrected chi connectivity index (χ3v) is 5.33. The molecule has 0 aliphatic heterocycles. The van der Waals surface area contributed by atoms with Gasteiger partial charge >= 0.3 is 0 Å². The number of ether oxygens (including phenoxy) is 2. The second kappa shape index (κ2) is 9.56. The average molecular weight is 447 g/mol. The van der Waals surface area contributed by atoms with E-state index in [1.54, 1.807) is 18.9 Å². The lowest BCUT2D eigenvalue weighted by Gasteiger charge is -2.10. The zero-order valence-corrected chi connectivity index (χ0v) is 18.7. The van der Waals surface area contributed by atoms with E-state index in [-0.39, 0.29) is 18.0 Å². The molecule has 0 aliphatic rings. The van der Waals surface area contributed by atoms with Gasteiger partial charge in [0.25, 0.3) is 5.56 Å². The van der Waals surface area contributed by atoms with E-state index in [4.69, 9.17) is 9.47 Å². The molecule has 2 aromatic carbocycles. The molecule has 1 N–H and O–H groups in total. The molecule has 0 spiro atoms. The first kappa shape index (κ1) is 22.1. The number of rotatable bonds is 8. The predicted octanol–water partition coefficient (Wildman–Crippen LogP) is 2.27. The lowest BCUT2D eigenvalue weighted by atomic mass is 10.1. The van der Waals surface area contributed by atoms with E-state index in [0.717, 1.165) is 16.8 Å². The van der Waals surface area contributed by atoms with Crippen molar-refractivity contribution >= 4 is 16.9 Å². The van der Waals surface area contributed by atoms with Crippen LogP contribution in [0, 0.1) is 6.92 Å². The van der Waals surface area contributed by atoms with Gasteiger partial charge in [-0.05, 0) is 43.2 Å². The topological polar surface area (TPSA) is 100 Å². The molecule has 0 saturated heterocycles. The van der Waals surface area contributed by atoms with Gasteiger partial charge < -0.3 is 14.8 Å². The molecule has 0 saturated carbocycles. The minimum Gasteiger partial charge on any atom is -0.493 e. The SMILES string of the molecule is COc1ccc(CCNC(=O)Cn2cnc3c(cnn3-c3ccc(C)cc3)c2=O)cc1OC. The lowest BCUT2D eigenvalue weighted by molar-refractivity contribution is -0.121. The summed E-state index contributed by atoms with van der Waals surface area (Å²) in [6.07, 6.45) is 3.47. The number of hydrogen-bond donors (Lipinski definition) is 1. The van der Waals surface area contributed by atoms with Crippen molar-refractivity contribution in [2.45, 2.75) is 19.9 Å². The van der Waals surface area contributed by atoms with Crippen molar-refractivity contribution in [1.29, 1.82) is 0 Å². The van der Waals surface area contributed by atoms with Gasteiger partial charge in [0.15, 0.2) is 17.1 Å². The monoisotopic (exact) mass is 447 g/mol. The largest absolute Gasteiger partial charge is 0.493 e. The number of carbonyl (C=O) groups is 1. The van der Waals surface area contributed by atoms with Gasteiger partial charge in [-0.25, -0.2) is 9.67 Å². The van der Waals surface area contributed by atoms with Crippen LogP contribution in [0.4, 0.5) is 0 Å². The van der Waals surface area contributed by atoms with Crippen LogP contribution in [0.3, 0.4) is 0 Å². The van der Waals surface area contributed by atoms with E-state index in [1.165, 1.54) is 17.1 Å². The van der Waals surface area contributed by atoms with E-state index in [2.05, 4.69) is 15.4 Å². The number of hydrogen-bond acceptors (Lipinski definition) is 6. The van der Waals surface area contributed by atoms with Crippen LogP contribution in [0.2, 0.25) is 0 Å². The quantitative estimate of drug-likeness (QED) is 0.445. The molecule has 0 bridgehead atoms. The van der Waals surface area contributed by atoms with Crippen LogP contribution in [-0.2, 0) is 17.8 Å².